The van der Waals surface area contributed by atoms with Crippen LogP contribution in [0.2, 0.25) is 0 Å². The van der Waals surface area contributed by atoms with Crippen LogP contribution < -0.4 is 0 Å². The van der Waals surface area contributed by atoms with Gasteiger partial charge in [-0.1, -0.05) is 25.3 Å². The minimum absolute atomic E-state index is 0.384. The lowest BCUT2D eigenvalue weighted by Gasteiger charge is -1.96. The zero-order chi connectivity index (χ0) is 8.48. The summed E-state index contributed by atoms with van der Waals surface area (Å²) in [5.41, 5.74) is -0.674. The molecular formula is C8H10O3. The van der Waals surface area contributed by atoms with E-state index in [0.29, 0.717) is 0 Å². The van der Waals surface area contributed by atoms with Crippen molar-refractivity contribution in [3.63, 3.8) is 0 Å². The van der Waals surface area contributed by atoms with Crippen LogP contribution in [0.1, 0.15) is 0 Å². The largest absolute Gasteiger partial charge is 0.467 e. The van der Waals surface area contributed by atoms with E-state index in [1.54, 1.807) is 12.2 Å². The second-order valence-electron chi connectivity index (χ2n) is 2.28. The van der Waals surface area contributed by atoms with Gasteiger partial charge in [-0.25, -0.2) is 4.79 Å². The van der Waals surface area contributed by atoms with E-state index >= 15 is 0 Å². The summed E-state index contributed by atoms with van der Waals surface area (Å²) >= 11 is 0. The first kappa shape index (κ1) is 8.01. The van der Waals surface area contributed by atoms with Gasteiger partial charge in [0.1, 0.15) is 5.60 Å². The highest BCUT2D eigenvalue weighted by molar-refractivity contribution is 5.80. The summed E-state index contributed by atoms with van der Waals surface area (Å²) in [6.45, 7) is 7.06. The number of carbonyl (C=O) groups excluding carboxylic acids is 1. The first-order valence-corrected chi connectivity index (χ1v) is 3.23. The molecule has 0 bridgehead atoms. The standard InChI is InChI=1S/C8H10O3/c1-4-8(5-2)6(11-8)7(9)10-3/h4-6H,1-2H2,3H3. The van der Waals surface area contributed by atoms with Crippen LogP contribution in [0.5, 0.6) is 0 Å². The molecule has 0 aromatic rings. The van der Waals surface area contributed by atoms with Crippen LogP contribution in [0.4, 0.5) is 0 Å². The second-order valence-corrected chi connectivity index (χ2v) is 2.28. The van der Waals surface area contributed by atoms with Gasteiger partial charge in [0.15, 0.2) is 6.10 Å². The molecule has 1 aliphatic heterocycles. The molecule has 0 aliphatic carbocycles. The number of carbonyl (C=O) groups is 1. The van der Waals surface area contributed by atoms with Crippen molar-refractivity contribution >= 4 is 5.97 Å². The fourth-order valence-electron chi connectivity index (χ4n) is 0.903. The number of hydrogen-bond acceptors (Lipinski definition) is 3. The third-order valence-electron chi connectivity index (χ3n) is 1.73. The molecule has 0 radical (unpaired) electrons. The van der Waals surface area contributed by atoms with E-state index in [9.17, 15) is 4.79 Å². The molecule has 1 rings (SSSR count). The maximum Gasteiger partial charge on any atom is 0.338 e. The summed E-state index contributed by atoms with van der Waals surface area (Å²) in [6.07, 6.45) is 2.55. The third kappa shape index (κ3) is 1.07. The average Bonchev–Trinajstić information content (AvgIpc) is 2.78. The molecule has 0 saturated carbocycles. The van der Waals surface area contributed by atoms with Gasteiger partial charge in [0.25, 0.3) is 0 Å². The molecule has 1 atom stereocenters. The molecule has 0 aromatic carbocycles. The monoisotopic (exact) mass is 154 g/mol. The van der Waals surface area contributed by atoms with E-state index in [-0.39, 0.29) is 5.97 Å². The SMILES string of the molecule is C=CC1(C=C)OC1C(=O)OC. The Hall–Kier alpha value is -1.09. The van der Waals surface area contributed by atoms with Gasteiger partial charge in [-0.3, -0.25) is 0 Å². The normalized spacial score (nSPS) is 25.4. The Morgan fingerprint density at radius 2 is 2.18 bits per heavy atom. The van der Waals surface area contributed by atoms with Gasteiger partial charge in [-0.2, -0.15) is 0 Å². The topological polar surface area (TPSA) is 38.8 Å². The summed E-state index contributed by atoms with van der Waals surface area (Å²) in [7, 11) is 1.32. The van der Waals surface area contributed by atoms with E-state index < -0.39 is 11.7 Å². The van der Waals surface area contributed by atoms with E-state index in [4.69, 9.17) is 4.74 Å². The maximum absolute atomic E-state index is 10.9. The Kier molecular flexibility index (Phi) is 1.83. The Labute approximate surface area is 65.3 Å². The highest BCUT2D eigenvalue weighted by Crippen LogP contribution is 2.39. The smallest absolute Gasteiger partial charge is 0.338 e. The van der Waals surface area contributed by atoms with E-state index in [1.807, 2.05) is 0 Å². The molecule has 3 nitrogen and oxygen atoms in total. The first-order chi connectivity index (χ1) is 5.20. The van der Waals surface area contributed by atoms with Crippen LogP contribution in [0.25, 0.3) is 0 Å². The first-order valence-electron chi connectivity index (χ1n) is 3.23. The molecule has 1 aliphatic rings. The van der Waals surface area contributed by atoms with Crippen LogP contribution in [-0.2, 0) is 14.3 Å². The van der Waals surface area contributed by atoms with Crippen LogP contribution >= 0.6 is 0 Å². The number of epoxide rings is 1. The number of methoxy groups -OCH3 is 1. The van der Waals surface area contributed by atoms with E-state index in [1.165, 1.54) is 7.11 Å². The van der Waals surface area contributed by atoms with Crippen molar-refractivity contribution in [3.05, 3.63) is 25.3 Å². The molecule has 0 aromatic heterocycles. The predicted octanol–water partition coefficient (Wildman–Crippen LogP) is 0.669. The van der Waals surface area contributed by atoms with Crippen molar-refractivity contribution in [3.8, 4) is 0 Å². The van der Waals surface area contributed by atoms with E-state index in [0.717, 1.165) is 0 Å². The highest BCUT2D eigenvalue weighted by atomic mass is 16.6. The summed E-state index contributed by atoms with van der Waals surface area (Å²) < 4.78 is 9.52. The Morgan fingerprint density at radius 1 is 1.64 bits per heavy atom. The van der Waals surface area contributed by atoms with Crippen LogP contribution in [0.3, 0.4) is 0 Å². The quantitative estimate of drug-likeness (QED) is 0.340. The minimum atomic E-state index is -0.674. The van der Waals surface area contributed by atoms with Gasteiger partial charge in [0, 0.05) is 0 Å². The number of ether oxygens (including phenoxy) is 2. The summed E-state index contributed by atoms with van der Waals surface area (Å²) in [5, 5.41) is 0. The minimum Gasteiger partial charge on any atom is -0.467 e. The van der Waals surface area contributed by atoms with Crippen molar-refractivity contribution in [2.45, 2.75) is 11.7 Å². The van der Waals surface area contributed by atoms with Gasteiger partial charge in [-0.15, -0.1) is 0 Å². The molecule has 1 unspecified atom stereocenters. The van der Waals surface area contributed by atoms with Gasteiger partial charge in [0.2, 0.25) is 0 Å². The van der Waals surface area contributed by atoms with Gasteiger partial charge < -0.3 is 9.47 Å². The summed E-state index contributed by atoms with van der Waals surface area (Å²) in [4.78, 5) is 10.9. The fourth-order valence-corrected chi connectivity index (χ4v) is 0.903. The second kappa shape index (κ2) is 2.51. The molecule has 0 N–H and O–H groups in total. The van der Waals surface area contributed by atoms with Crippen molar-refractivity contribution in [2.24, 2.45) is 0 Å². The van der Waals surface area contributed by atoms with Gasteiger partial charge in [-0.05, 0) is 0 Å². The van der Waals surface area contributed by atoms with Crippen molar-refractivity contribution < 1.29 is 14.3 Å². The number of hydrogen-bond donors (Lipinski definition) is 0. The fraction of sp³-hybridized carbons (Fsp3) is 0.375. The highest BCUT2D eigenvalue weighted by Gasteiger charge is 2.57. The Bertz CT molecular complexity index is 199. The molecule has 11 heavy (non-hydrogen) atoms. The number of rotatable bonds is 3. The molecule has 1 fully saturated rings. The van der Waals surface area contributed by atoms with Gasteiger partial charge in [0.05, 0.1) is 7.11 Å². The maximum atomic E-state index is 10.9. The third-order valence-corrected chi connectivity index (χ3v) is 1.73. The zero-order valence-electron chi connectivity index (χ0n) is 6.37. The molecule has 1 heterocycles. The van der Waals surface area contributed by atoms with Gasteiger partial charge >= 0.3 is 5.97 Å². The number of esters is 1. The Balaban J connectivity index is 2.64. The predicted molar refractivity (Wildman–Crippen MR) is 40.0 cm³/mol. The lowest BCUT2D eigenvalue weighted by atomic mass is 10.1. The Morgan fingerprint density at radius 3 is 2.45 bits per heavy atom. The van der Waals surface area contributed by atoms with E-state index in [2.05, 4.69) is 17.9 Å². The molecular weight excluding hydrogens is 144 g/mol. The van der Waals surface area contributed by atoms with Crippen LogP contribution in [-0.4, -0.2) is 24.8 Å². The molecule has 3 heteroatoms. The summed E-state index contributed by atoms with van der Waals surface area (Å²) in [6, 6.07) is 0. The van der Waals surface area contributed by atoms with Crippen LogP contribution in [0.15, 0.2) is 25.3 Å². The van der Waals surface area contributed by atoms with Crippen molar-refractivity contribution in [2.75, 3.05) is 7.11 Å². The lowest BCUT2D eigenvalue weighted by molar-refractivity contribution is -0.142. The van der Waals surface area contributed by atoms with Crippen LogP contribution in [0, 0.1) is 0 Å². The van der Waals surface area contributed by atoms with Crippen molar-refractivity contribution in [1.29, 1.82) is 0 Å². The molecule has 60 valence electrons. The zero-order valence-corrected chi connectivity index (χ0v) is 6.37. The lowest BCUT2D eigenvalue weighted by Crippen LogP contribution is -2.17. The van der Waals surface area contributed by atoms with Crippen molar-refractivity contribution in [1.82, 2.24) is 0 Å². The molecule has 0 spiro atoms. The molecule has 1 saturated heterocycles. The average molecular weight is 154 g/mol. The summed E-state index contributed by atoms with van der Waals surface area (Å²) in [5.74, 6) is -0.384. The molecule has 0 amide bonds.